The lowest BCUT2D eigenvalue weighted by Crippen LogP contribution is -2.25. The molecular weight excluding hydrogens is 249 g/mol. The van der Waals surface area contributed by atoms with Gasteiger partial charge in [-0.2, -0.15) is 0 Å². The van der Waals surface area contributed by atoms with Crippen LogP contribution >= 0.6 is 11.8 Å². The van der Waals surface area contributed by atoms with Crippen LogP contribution in [0.15, 0.2) is 23.1 Å². The number of aliphatic hydroxyl groups is 1. The lowest BCUT2D eigenvalue weighted by atomic mass is 10.1. The second kappa shape index (κ2) is 7.77. The molecule has 4 heteroatoms. The Bertz CT molecular complexity index is 373. The summed E-state index contributed by atoms with van der Waals surface area (Å²) in [5, 5.41) is 12.2. The number of halogens is 1. The van der Waals surface area contributed by atoms with Gasteiger partial charge in [-0.1, -0.05) is 13.0 Å². The van der Waals surface area contributed by atoms with Crippen LogP contribution in [0.25, 0.3) is 0 Å². The molecule has 18 heavy (non-hydrogen) atoms. The molecule has 0 saturated carbocycles. The van der Waals surface area contributed by atoms with E-state index in [0.717, 1.165) is 18.5 Å². The maximum Gasteiger partial charge on any atom is 0.137 e. The lowest BCUT2D eigenvalue weighted by molar-refractivity contribution is 0.258. The van der Waals surface area contributed by atoms with Crippen molar-refractivity contribution in [2.24, 2.45) is 5.92 Å². The van der Waals surface area contributed by atoms with Gasteiger partial charge in [-0.25, -0.2) is 4.39 Å². The van der Waals surface area contributed by atoms with E-state index in [2.05, 4.69) is 12.2 Å². The first-order chi connectivity index (χ1) is 8.58. The van der Waals surface area contributed by atoms with E-state index in [1.54, 1.807) is 6.07 Å². The first-order valence-electron chi connectivity index (χ1n) is 6.26. The first kappa shape index (κ1) is 15.5. The topological polar surface area (TPSA) is 32.3 Å². The molecule has 2 nitrogen and oxygen atoms in total. The van der Waals surface area contributed by atoms with Gasteiger partial charge in [0.05, 0.1) is 0 Å². The molecule has 0 aliphatic heterocycles. The van der Waals surface area contributed by atoms with Crippen molar-refractivity contribution in [2.75, 3.05) is 19.4 Å². The quantitative estimate of drug-likeness (QED) is 0.747. The SMILES string of the molecule is CSc1ccc(C(C)NCC(C)CCO)cc1F. The average molecular weight is 271 g/mol. The molecular formula is C14H22FNOS. The smallest absolute Gasteiger partial charge is 0.137 e. The number of thioether (sulfide) groups is 1. The van der Waals surface area contributed by atoms with Crippen molar-refractivity contribution in [3.05, 3.63) is 29.6 Å². The number of nitrogens with one attached hydrogen (secondary N) is 1. The second-order valence-electron chi connectivity index (χ2n) is 4.64. The van der Waals surface area contributed by atoms with Crippen molar-refractivity contribution < 1.29 is 9.50 Å². The van der Waals surface area contributed by atoms with Crippen molar-refractivity contribution >= 4 is 11.8 Å². The van der Waals surface area contributed by atoms with Gasteiger partial charge in [0.2, 0.25) is 0 Å². The van der Waals surface area contributed by atoms with Crippen LogP contribution in [0, 0.1) is 11.7 Å². The third-order valence-electron chi connectivity index (χ3n) is 3.07. The van der Waals surface area contributed by atoms with E-state index in [1.807, 2.05) is 25.3 Å². The third-order valence-corrected chi connectivity index (χ3v) is 3.84. The van der Waals surface area contributed by atoms with Crippen LogP contribution in [-0.4, -0.2) is 24.5 Å². The summed E-state index contributed by atoms with van der Waals surface area (Å²) in [7, 11) is 0. The minimum absolute atomic E-state index is 0.122. The highest BCUT2D eigenvalue weighted by atomic mass is 32.2. The Hall–Kier alpha value is -0.580. The molecule has 0 radical (unpaired) electrons. The number of benzene rings is 1. The van der Waals surface area contributed by atoms with E-state index >= 15 is 0 Å². The molecule has 0 aromatic heterocycles. The molecule has 0 spiro atoms. The van der Waals surface area contributed by atoms with Gasteiger partial charge in [-0.3, -0.25) is 0 Å². The number of hydrogen-bond donors (Lipinski definition) is 2. The first-order valence-corrected chi connectivity index (χ1v) is 7.48. The molecule has 0 aliphatic rings. The van der Waals surface area contributed by atoms with Gasteiger partial charge in [0.1, 0.15) is 5.82 Å². The molecule has 1 aromatic rings. The highest BCUT2D eigenvalue weighted by Gasteiger charge is 2.10. The second-order valence-corrected chi connectivity index (χ2v) is 5.49. The normalized spacial score (nSPS) is 14.5. The monoisotopic (exact) mass is 271 g/mol. The maximum absolute atomic E-state index is 13.6. The van der Waals surface area contributed by atoms with Crippen LogP contribution in [0.5, 0.6) is 0 Å². The molecule has 0 aliphatic carbocycles. The molecule has 0 saturated heterocycles. The fraction of sp³-hybridized carbons (Fsp3) is 0.571. The van der Waals surface area contributed by atoms with Crippen LogP contribution in [0.4, 0.5) is 4.39 Å². The summed E-state index contributed by atoms with van der Waals surface area (Å²) in [5.41, 5.74) is 0.960. The van der Waals surface area contributed by atoms with E-state index in [1.165, 1.54) is 11.8 Å². The fourth-order valence-corrected chi connectivity index (χ4v) is 2.23. The maximum atomic E-state index is 13.6. The summed E-state index contributed by atoms with van der Waals surface area (Å²) in [5.74, 6) is 0.268. The predicted octanol–water partition coefficient (Wildman–Crippen LogP) is 3.22. The molecule has 2 N–H and O–H groups in total. The van der Waals surface area contributed by atoms with Crippen LogP contribution < -0.4 is 5.32 Å². The third kappa shape index (κ3) is 4.59. The average Bonchev–Trinajstić information content (AvgIpc) is 2.36. The molecule has 0 amide bonds. The Balaban J connectivity index is 2.56. The highest BCUT2D eigenvalue weighted by Crippen LogP contribution is 2.23. The van der Waals surface area contributed by atoms with E-state index in [0.29, 0.717) is 10.8 Å². The van der Waals surface area contributed by atoms with E-state index in [-0.39, 0.29) is 18.5 Å². The Morgan fingerprint density at radius 2 is 2.11 bits per heavy atom. The fourth-order valence-electron chi connectivity index (χ4n) is 1.77. The molecule has 1 rings (SSSR count). The Labute approximate surface area is 113 Å². The summed E-state index contributed by atoms with van der Waals surface area (Å²) in [6.07, 6.45) is 2.66. The molecule has 2 atom stereocenters. The standard InChI is InChI=1S/C14H22FNOS/c1-10(6-7-17)9-16-11(2)12-4-5-14(18-3)13(15)8-12/h4-5,8,10-11,16-17H,6-7,9H2,1-3H3. The van der Waals surface area contributed by atoms with Gasteiger partial charge in [0.25, 0.3) is 0 Å². The van der Waals surface area contributed by atoms with E-state index in [4.69, 9.17) is 5.11 Å². The largest absolute Gasteiger partial charge is 0.396 e. The summed E-state index contributed by atoms with van der Waals surface area (Å²) in [6, 6.07) is 5.50. The predicted molar refractivity (Wildman–Crippen MR) is 75.5 cm³/mol. The van der Waals surface area contributed by atoms with Crippen LogP contribution in [-0.2, 0) is 0 Å². The van der Waals surface area contributed by atoms with Crippen molar-refractivity contribution in [1.29, 1.82) is 0 Å². The summed E-state index contributed by atoms with van der Waals surface area (Å²) in [6.45, 7) is 5.16. The van der Waals surface area contributed by atoms with Gasteiger partial charge in [0, 0.05) is 17.5 Å². The van der Waals surface area contributed by atoms with E-state index in [9.17, 15) is 4.39 Å². The van der Waals surface area contributed by atoms with Crippen molar-refractivity contribution in [1.82, 2.24) is 5.32 Å². The number of aliphatic hydroxyl groups excluding tert-OH is 1. The van der Waals surface area contributed by atoms with E-state index < -0.39 is 0 Å². The number of rotatable bonds is 7. The zero-order chi connectivity index (χ0) is 13.5. The Morgan fingerprint density at radius 1 is 1.39 bits per heavy atom. The van der Waals surface area contributed by atoms with Crippen LogP contribution in [0.1, 0.15) is 31.9 Å². The van der Waals surface area contributed by atoms with Crippen LogP contribution in [0.3, 0.4) is 0 Å². The summed E-state index contributed by atoms with van der Waals surface area (Å²) in [4.78, 5) is 0.680. The van der Waals surface area contributed by atoms with Gasteiger partial charge < -0.3 is 10.4 Å². The highest BCUT2D eigenvalue weighted by molar-refractivity contribution is 7.98. The zero-order valence-corrected chi connectivity index (χ0v) is 12.1. The van der Waals surface area contributed by atoms with Crippen molar-refractivity contribution in [3.8, 4) is 0 Å². The van der Waals surface area contributed by atoms with Crippen molar-refractivity contribution in [2.45, 2.75) is 31.2 Å². The molecule has 0 heterocycles. The summed E-state index contributed by atoms with van der Waals surface area (Å²) < 4.78 is 13.6. The Kier molecular flexibility index (Phi) is 6.68. The zero-order valence-electron chi connectivity index (χ0n) is 11.2. The van der Waals surface area contributed by atoms with Gasteiger partial charge in [0.15, 0.2) is 0 Å². The van der Waals surface area contributed by atoms with Gasteiger partial charge >= 0.3 is 0 Å². The number of hydrogen-bond acceptors (Lipinski definition) is 3. The molecule has 102 valence electrons. The summed E-state index contributed by atoms with van der Waals surface area (Å²) >= 11 is 1.42. The molecule has 0 bridgehead atoms. The Morgan fingerprint density at radius 3 is 2.67 bits per heavy atom. The van der Waals surface area contributed by atoms with Gasteiger partial charge in [-0.15, -0.1) is 11.8 Å². The molecule has 1 aromatic carbocycles. The van der Waals surface area contributed by atoms with Crippen LogP contribution in [0.2, 0.25) is 0 Å². The van der Waals surface area contributed by atoms with Crippen molar-refractivity contribution in [3.63, 3.8) is 0 Å². The molecule has 0 fully saturated rings. The lowest BCUT2D eigenvalue weighted by Gasteiger charge is -2.18. The minimum Gasteiger partial charge on any atom is -0.396 e. The molecule has 2 unspecified atom stereocenters. The minimum atomic E-state index is -0.156. The van der Waals surface area contributed by atoms with Gasteiger partial charge in [-0.05, 0) is 49.8 Å².